The molecule has 1 aliphatic heterocycles. The van der Waals surface area contributed by atoms with Crippen molar-refractivity contribution in [2.45, 2.75) is 33.4 Å². The van der Waals surface area contributed by atoms with E-state index in [4.69, 9.17) is 4.74 Å². The number of nitrogens with one attached hydrogen (secondary N) is 1. The Morgan fingerprint density at radius 2 is 2.11 bits per heavy atom. The van der Waals surface area contributed by atoms with Crippen molar-refractivity contribution in [2.24, 2.45) is 0 Å². The van der Waals surface area contributed by atoms with E-state index in [1.54, 1.807) is 0 Å². The third kappa shape index (κ3) is 3.43. The first-order valence-electron chi connectivity index (χ1n) is 6.68. The highest BCUT2D eigenvalue weighted by Gasteiger charge is 2.15. The molecule has 0 radical (unpaired) electrons. The van der Waals surface area contributed by atoms with Crippen LogP contribution < -0.4 is 10.2 Å². The van der Waals surface area contributed by atoms with Gasteiger partial charge in [-0.3, -0.25) is 4.98 Å². The smallest absolute Gasteiger partial charge is 0.0642 e. The van der Waals surface area contributed by atoms with Gasteiger partial charge in [-0.1, -0.05) is 13.8 Å². The van der Waals surface area contributed by atoms with E-state index in [0.717, 1.165) is 38.5 Å². The summed E-state index contributed by atoms with van der Waals surface area (Å²) in [5.74, 6) is 0. The Bertz CT molecular complexity index is 387. The van der Waals surface area contributed by atoms with Crippen LogP contribution in [0.15, 0.2) is 12.3 Å². The molecule has 0 aromatic carbocycles. The van der Waals surface area contributed by atoms with Crippen molar-refractivity contribution in [1.82, 2.24) is 10.3 Å². The van der Waals surface area contributed by atoms with Crippen molar-refractivity contribution in [2.75, 3.05) is 31.2 Å². The van der Waals surface area contributed by atoms with Crippen LogP contribution in [0.1, 0.15) is 25.1 Å². The van der Waals surface area contributed by atoms with Crippen LogP contribution in [-0.2, 0) is 11.3 Å². The molecule has 1 saturated heterocycles. The zero-order valence-corrected chi connectivity index (χ0v) is 11.6. The van der Waals surface area contributed by atoms with Gasteiger partial charge >= 0.3 is 0 Å². The molecule has 0 spiro atoms. The van der Waals surface area contributed by atoms with Gasteiger partial charge in [0.05, 0.1) is 13.2 Å². The van der Waals surface area contributed by atoms with Crippen molar-refractivity contribution in [1.29, 1.82) is 0 Å². The molecule has 1 fully saturated rings. The Balaban J connectivity index is 2.16. The second kappa shape index (κ2) is 6.16. The quantitative estimate of drug-likeness (QED) is 0.882. The van der Waals surface area contributed by atoms with Crippen molar-refractivity contribution in [3.8, 4) is 0 Å². The molecule has 100 valence electrons. The van der Waals surface area contributed by atoms with E-state index in [0.29, 0.717) is 6.04 Å². The minimum atomic E-state index is 0.490. The third-order valence-electron chi connectivity index (χ3n) is 3.15. The van der Waals surface area contributed by atoms with Gasteiger partial charge in [-0.05, 0) is 13.0 Å². The lowest BCUT2D eigenvalue weighted by Gasteiger charge is -2.31. The molecule has 0 amide bonds. The zero-order valence-electron chi connectivity index (χ0n) is 11.6. The van der Waals surface area contributed by atoms with E-state index in [9.17, 15) is 0 Å². The molecule has 2 heterocycles. The summed E-state index contributed by atoms with van der Waals surface area (Å²) in [6.07, 6.45) is 2.00. The van der Waals surface area contributed by atoms with E-state index in [-0.39, 0.29) is 0 Å². The van der Waals surface area contributed by atoms with Gasteiger partial charge in [0.1, 0.15) is 0 Å². The highest BCUT2D eigenvalue weighted by atomic mass is 16.5. The fourth-order valence-corrected chi connectivity index (χ4v) is 2.12. The van der Waals surface area contributed by atoms with E-state index in [1.807, 2.05) is 13.1 Å². The monoisotopic (exact) mass is 249 g/mol. The first-order chi connectivity index (χ1) is 8.66. The maximum absolute atomic E-state index is 5.42. The fourth-order valence-electron chi connectivity index (χ4n) is 2.12. The number of anilines is 1. The average molecular weight is 249 g/mol. The van der Waals surface area contributed by atoms with Gasteiger partial charge in [0.15, 0.2) is 0 Å². The molecule has 0 aliphatic carbocycles. The number of aryl methyl sites for hydroxylation is 1. The predicted octanol–water partition coefficient (Wildman–Crippen LogP) is 1.72. The first kappa shape index (κ1) is 13.3. The Kier molecular flexibility index (Phi) is 4.55. The lowest BCUT2D eigenvalue weighted by molar-refractivity contribution is 0.122. The lowest BCUT2D eigenvalue weighted by atomic mass is 10.1. The lowest BCUT2D eigenvalue weighted by Crippen LogP contribution is -2.37. The van der Waals surface area contributed by atoms with Gasteiger partial charge in [0, 0.05) is 48.8 Å². The topological polar surface area (TPSA) is 37.4 Å². The van der Waals surface area contributed by atoms with Gasteiger partial charge in [-0.25, -0.2) is 0 Å². The summed E-state index contributed by atoms with van der Waals surface area (Å²) < 4.78 is 5.42. The Morgan fingerprint density at radius 3 is 2.78 bits per heavy atom. The maximum atomic E-state index is 5.42. The number of aromatic nitrogens is 1. The average Bonchev–Trinajstić information content (AvgIpc) is 2.38. The molecule has 4 nitrogen and oxygen atoms in total. The SMILES string of the molecule is Cc1cc(N2CCOCC2)c(CNC(C)C)cn1. The van der Waals surface area contributed by atoms with Crippen molar-refractivity contribution in [3.63, 3.8) is 0 Å². The van der Waals surface area contributed by atoms with Gasteiger partial charge in [-0.2, -0.15) is 0 Å². The summed E-state index contributed by atoms with van der Waals surface area (Å²) in [6.45, 7) is 10.8. The molecule has 4 heteroatoms. The first-order valence-corrected chi connectivity index (χ1v) is 6.68. The fraction of sp³-hybridized carbons (Fsp3) is 0.643. The van der Waals surface area contributed by atoms with E-state index >= 15 is 0 Å². The summed E-state index contributed by atoms with van der Waals surface area (Å²) >= 11 is 0. The highest BCUT2D eigenvalue weighted by Crippen LogP contribution is 2.22. The van der Waals surface area contributed by atoms with Crippen molar-refractivity contribution in [3.05, 3.63) is 23.5 Å². The van der Waals surface area contributed by atoms with E-state index in [2.05, 4.69) is 35.1 Å². The van der Waals surface area contributed by atoms with E-state index in [1.165, 1.54) is 11.3 Å². The summed E-state index contributed by atoms with van der Waals surface area (Å²) in [4.78, 5) is 6.81. The number of pyridine rings is 1. The zero-order chi connectivity index (χ0) is 13.0. The Hall–Kier alpha value is -1.13. The van der Waals surface area contributed by atoms with Crippen LogP contribution in [0.5, 0.6) is 0 Å². The number of ether oxygens (including phenoxy) is 1. The summed E-state index contributed by atoms with van der Waals surface area (Å²) in [5, 5.41) is 3.46. The molecule has 1 aliphatic rings. The molecule has 1 aromatic heterocycles. The van der Waals surface area contributed by atoms with Crippen LogP contribution in [0, 0.1) is 6.92 Å². The molecule has 2 rings (SSSR count). The van der Waals surface area contributed by atoms with Crippen molar-refractivity contribution < 1.29 is 4.74 Å². The van der Waals surface area contributed by atoms with Gasteiger partial charge in [0.2, 0.25) is 0 Å². The summed E-state index contributed by atoms with van der Waals surface area (Å²) in [5.41, 5.74) is 3.65. The molecular weight excluding hydrogens is 226 g/mol. The number of hydrogen-bond acceptors (Lipinski definition) is 4. The summed E-state index contributed by atoms with van der Waals surface area (Å²) in [7, 11) is 0. The molecule has 1 aromatic rings. The largest absolute Gasteiger partial charge is 0.378 e. The number of nitrogens with zero attached hydrogens (tertiary/aromatic N) is 2. The Morgan fingerprint density at radius 1 is 1.39 bits per heavy atom. The number of hydrogen-bond donors (Lipinski definition) is 1. The van der Waals surface area contributed by atoms with E-state index < -0.39 is 0 Å². The van der Waals surface area contributed by atoms with Gasteiger partial charge in [0.25, 0.3) is 0 Å². The molecule has 18 heavy (non-hydrogen) atoms. The maximum Gasteiger partial charge on any atom is 0.0642 e. The molecule has 0 saturated carbocycles. The van der Waals surface area contributed by atoms with Crippen LogP contribution in [-0.4, -0.2) is 37.3 Å². The number of rotatable bonds is 4. The second-order valence-electron chi connectivity index (χ2n) is 5.09. The van der Waals surface area contributed by atoms with Crippen LogP contribution in [0.25, 0.3) is 0 Å². The summed E-state index contributed by atoms with van der Waals surface area (Å²) in [6, 6.07) is 2.67. The minimum absolute atomic E-state index is 0.490. The predicted molar refractivity (Wildman–Crippen MR) is 74.0 cm³/mol. The molecule has 0 unspecified atom stereocenters. The van der Waals surface area contributed by atoms with Crippen LogP contribution >= 0.6 is 0 Å². The van der Waals surface area contributed by atoms with Crippen LogP contribution in [0.3, 0.4) is 0 Å². The molecule has 0 atom stereocenters. The Labute approximate surface area is 109 Å². The molecule has 0 bridgehead atoms. The standard InChI is InChI=1S/C14H23N3O/c1-11(2)15-9-13-10-16-12(3)8-14(13)17-4-6-18-7-5-17/h8,10-11,15H,4-7,9H2,1-3H3. The molecular formula is C14H23N3O. The third-order valence-corrected chi connectivity index (χ3v) is 3.15. The van der Waals surface area contributed by atoms with Gasteiger partial charge < -0.3 is 15.0 Å². The van der Waals surface area contributed by atoms with Crippen LogP contribution in [0.4, 0.5) is 5.69 Å². The van der Waals surface area contributed by atoms with Gasteiger partial charge in [-0.15, -0.1) is 0 Å². The highest BCUT2D eigenvalue weighted by molar-refractivity contribution is 5.54. The van der Waals surface area contributed by atoms with Crippen molar-refractivity contribution >= 4 is 5.69 Å². The normalized spacial score (nSPS) is 16.3. The second-order valence-corrected chi connectivity index (χ2v) is 5.09. The number of morpholine rings is 1. The minimum Gasteiger partial charge on any atom is -0.378 e. The van der Waals surface area contributed by atoms with Crippen LogP contribution in [0.2, 0.25) is 0 Å². The molecule has 1 N–H and O–H groups in total.